The largest absolute Gasteiger partial charge is 0.342 e. The van der Waals surface area contributed by atoms with Crippen molar-refractivity contribution in [2.45, 2.75) is 25.7 Å². The van der Waals surface area contributed by atoms with Gasteiger partial charge in [-0.3, -0.25) is 4.79 Å². The lowest BCUT2D eigenvalue weighted by molar-refractivity contribution is -0.129. The summed E-state index contributed by atoms with van der Waals surface area (Å²) in [6, 6.07) is 10.5. The summed E-state index contributed by atoms with van der Waals surface area (Å²) >= 11 is 0. The van der Waals surface area contributed by atoms with Crippen LogP contribution in [0.1, 0.15) is 24.8 Å². The molecule has 0 bridgehead atoms. The fraction of sp³-hybridized carbons (Fsp3) is 0.533. The SMILES string of the molecule is O=C1CNCCCN1CCCCc1ccccc1. The number of carbonyl (C=O) groups excluding carboxylic acids is 1. The number of benzene rings is 1. The van der Waals surface area contributed by atoms with Gasteiger partial charge in [-0.05, 0) is 37.8 Å². The number of hydrogen-bond donors (Lipinski definition) is 1. The van der Waals surface area contributed by atoms with E-state index in [1.54, 1.807) is 0 Å². The maximum atomic E-state index is 11.7. The van der Waals surface area contributed by atoms with Crippen LogP contribution in [-0.4, -0.2) is 37.0 Å². The van der Waals surface area contributed by atoms with Crippen LogP contribution in [-0.2, 0) is 11.2 Å². The predicted molar refractivity (Wildman–Crippen MR) is 73.4 cm³/mol. The Hall–Kier alpha value is -1.35. The Morgan fingerprint density at radius 1 is 1.17 bits per heavy atom. The lowest BCUT2D eigenvalue weighted by Crippen LogP contribution is -2.35. The number of nitrogens with one attached hydrogen (secondary N) is 1. The van der Waals surface area contributed by atoms with Crippen molar-refractivity contribution in [3.63, 3.8) is 0 Å². The molecule has 0 radical (unpaired) electrons. The van der Waals surface area contributed by atoms with Gasteiger partial charge in [-0.25, -0.2) is 0 Å². The molecule has 1 aromatic carbocycles. The summed E-state index contributed by atoms with van der Waals surface area (Å²) in [5.41, 5.74) is 1.39. The summed E-state index contributed by atoms with van der Waals surface area (Å²) in [4.78, 5) is 13.7. The van der Waals surface area contributed by atoms with E-state index in [0.717, 1.165) is 45.3 Å². The van der Waals surface area contributed by atoms with E-state index in [1.165, 1.54) is 5.56 Å². The fourth-order valence-corrected chi connectivity index (χ4v) is 2.34. The van der Waals surface area contributed by atoms with Gasteiger partial charge in [-0.15, -0.1) is 0 Å². The molecule has 3 heteroatoms. The van der Waals surface area contributed by atoms with Crippen LogP contribution in [0.15, 0.2) is 30.3 Å². The molecular weight excluding hydrogens is 224 g/mol. The molecule has 1 N–H and O–H groups in total. The first kappa shape index (κ1) is 13.1. The van der Waals surface area contributed by atoms with Gasteiger partial charge in [0.15, 0.2) is 0 Å². The van der Waals surface area contributed by atoms with Crippen LogP contribution in [0.5, 0.6) is 0 Å². The van der Waals surface area contributed by atoms with Crippen molar-refractivity contribution in [3.05, 3.63) is 35.9 Å². The van der Waals surface area contributed by atoms with E-state index in [2.05, 4.69) is 29.6 Å². The number of unbranched alkanes of at least 4 members (excludes halogenated alkanes) is 1. The van der Waals surface area contributed by atoms with Crippen LogP contribution in [0.3, 0.4) is 0 Å². The van der Waals surface area contributed by atoms with Crippen LogP contribution < -0.4 is 5.32 Å². The van der Waals surface area contributed by atoms with Gasteiger partial charge in [0.25, 0.3) is 0 Å². The fourth-order valence-electron chi connectivity index (χ4n) is 2.34. The van der Waals surface area contributed by atoms with Crippen molar-refractivity contribution in [1.82, 2.24) is 10.2 Å². The van der Waals surface area contributed by atoms with E-state index < -0.39 is 0 Å². The Balaban J connectivity index is 1.67. The molecule has 0 atom stereocenters. The Kier molecular flexibility index (Phi) is 5.21. The first-order valence-electron chi connectivity index (χ1n) is 6.89. The molecule has 98 valence electrons. The highest BCUT2D eigenvalue weighted by atomic mass is 16.2. The normalized spacial score (nSPS) is 16.7. The van der Waals surface area contributed by atoms with Crippen molar-refractivity contribution in [3.8, 4) is 0 Å². The maximum absolute atomic E-state index is 11.7. The molecule has 2 rings (SSSR count). The average Bonchev–Trinajstić information content (AvgIpc) is 2.61. The standard InChI is InChI=1S/C15H22N2O/c18-15-13-16-10-6-12-17(15)11-5-4-9-14-7-2-1-3-8-14/h1-3,7-8,16H,4-6,9-13H2. The summed E-state index contributed by atoms with van der Waals surface area (Å²) in [5.74, 6) is 0.257. The lowest BCUT2D eigenvalue weighted by Gasteiger charge is -2.19. The number of hydrogen-bond acceptors (Lipinski definition) is 2. The molecule has 0 saturated carbocycles. The molecule has 1 fully saturated rings. The van der Waals surface area contributed by atoms with Gasteiger partial charge in [0.1, 0.15) is 0 Å². The Morgan fingerprint density at radius 2 is 2.00 bits per heavy atom. The first-order chi connectivity index (χ1) is 8.86. The molecule has 1 amide bonds. The lowest BCUT2D eigenvalue weighted by atomic mass is 10.1. The molecule has 1 aliphatic heterocycles. The van der Waals surface area contributed by atoms with Gasteiger partial charge in [-0.2, -0.15) is 0 Å². The van der Waals surface area contributed by atoms with Gasteiger partial charge >= 0.3 is 0 Å². The summed E-state index contributed by atoms with van der Waals surface area (Å²) in [6.07, 6.45) is 4.44. The highest BCUT2D eigenvalue weighted by Gasteiger charge is 2.14. The van der Waals surface area contributed by atoms with Crippen LogP contribution in [0.2, 0.25) is 0 Å². The zero-order valence-corrected chi connectivity index (χ0v) is 10.9. The Bertz CT molecular complexity index is 364. The summed E-state index contributed by atoms with van der Waals surface area (Å²) in [7, 11) is 0. The third-order valence-corrected chi connectivity index (χ3v) is 3.40. The summed E-state index contributed by atoms with van der Waals surface area (Å²) in [6.45, 7) is 3.30. The predicted octanol–water partition coefficient (Wildman–Crippen LogP) is 1.83. The molecule has 1 aliphatic rings. The van der Waals surface area contributed by atoms with Gasteiger partial charge in [0, 0.05) is 13.1 Å². The number of nitrogens with zero attached hydrogens (tertiary/aromatic N) is 1. The number of rotatable bonds is 5. The maximum Gasteiger partial charge on any atom is 0.236 e. The third-order valence-electron chi connectivity index (χ3n) is 3.40. The van der Waals surface area contributed by atoms with Crippen LogP contribution in [0, 0.1) is 0 Å². The van der Waals surface area contributed by atoms with Crippen molar-refractivity contribution in [2.24, 2.45) is 0 Å². The first-order valence-corrected chi connectivity index (χ1v) is 6.89. The molecule has 1 saturated heterocycles. The minimum atomic E-state index is 0.257. The van der Waals surface area contributed by atoms with E-state index in [0.29, 0.717) is 6.54 Å². The van der Waals surface area contributed by atoms with E-state index in [-0.39, 0.29) is 5.91 Å². The van der Waals surface area contributed by atoms with Crippen molar-refractivity contribution < 1.29 is 4.79 Å². The molecule has 1 heterocycles. The molecule has 0 unspecified atom stereocenters. The second-order valence-corrected chi connectivity index (χ2v) is 4.85. The van der Waals surface area contributed by atoms with Crippen LogP contribution in [0.4, 0.5) is 0 Å². The van der Waals surface area contributed by atoms with E-state index >= 15 is 0 Å². The smallest absolute Gasteiger partial charge is 0.236 e. The summed E-state index contributed by atoms with van der Waals surface area (Å²) < 4.78 is 0. The van der Waals surface area contributed by atoms with Crippen molar-refractivity contribution in [2.75, 3.05) is 26.2 Å². The molecule has 0 aromatic heterocycles. The zero-order valence-electron chi connectivity index (χ0n) is 10.9. The molecule has 0 spiro atoms. The van der Waals surface area contributed by atoms with Crippen LogP contribution >= 0.6 is 0 Å². The zero-order chi connectivity index (χ0) is 12.6. The number of amides is 1. The van der Waals surface area contributed by atoms with Gasteiger partial charge in [0.05, 0.1) is 6.54 Å². The quantitative estimate of drug-likeness (QED) is 0.804. The Morgan fingerprint density at radius 3 is 2.83 bits per heavy atom. The second-order valence-electron chi connectivity index (χ2n) is 4.85. The molecule has 0 aliphatic carbocycles. The van der Waals surface area contributed by atoms with Crippen LogP contribution in [0.25, 0.3) is 0 Å². The number of aryl methyl sites for hydroxylation is 1. The average molecular weight is 246 g/mol. The van der Waals surface area contributed by atoms with E-state index in [9.17, 15) is 4.79 Å². The minimum Gasteiger partial charge on any atom is -0.342 e. The van der Waals surface area contributed by atoms with Gasteiger partial charge < -0.3 is 10.2 Å². The van der Waals surface area contributed by atoms with Crippen molar-refractivity contribution in [1.29, 1.82) is 0 Å². The number of carbonyl (C=O) groups is 1. The monoisotopic (exact) mass is 246 g/mol. The minimum absolute atomic E-state index is 0.257. The highest BCUT2D eigenvalue weighted by molar-refractivity contribution is 5.78. The van der Waals surface area contributed by atoms with Gasteiger partial charge in [-0.1, -0.05) is 30.3 Å². The molecule has 3 nitrogen and oxygen atoms in total. The van der Waals surface area contributed by atoms with Crippen molar-refractivity contribution >= 4 is 5.91 Å². The topological polar surface area (TPSA) is 32.3 Å². The second kappa shape index (κ2) is 7.17. The third kappa shape index (κ3) is 4.15. The van der Waals surface area contributed by atoms with E-state index in [1.807, 2.05) is 11.0 Å². The molecular formula is C15H22N2O. The van der Waals surface area contributed by atoms with E-state index in [4.69, 9.17) is 0 Å². The highest BCUT2D eigenvalue weighted by Crippen LogP contribution is 2.06. The van der Waals surface area contributed by atoms with Gasteiger partial charge in [0.2, 0.25) is 5.91 Å². The summed E-state index contributed by atoms with van der Waals surface area (Å²) in [5, 5.41) is 3.15. The molecule has 1 aromatic rings. The Labute approximate surface area is 109 Å². The molecule has 18 heavy (non-hydrogen) atoms.